The number of benzene rings is 2. The lowest BCUT2D eigenvalue weighted by atomic mass is 9.68. The number of rotatable bonds is 4. The molecule has 32 heavy (non-hydrogen) atoms. The molecule has 1 spiro atoms. The van der Waals surface area contributed by atoms with Gasteiger partial charge >= 0.3 is 6.03 Å². The van der Waals surface area contributed by atoms with E-state index in [1.54, 1.807) is 19.2 Å². The van der Waals surface area contributed by atoms with Gasteiger partial charge in [0.2, 0.25) is 11.8 Å². The molecule has 8 heteroatoms. The number of hydrogen-bond donors (Lipinski definition) is 1. The predicted molar refractivity (Wildman–Crippen MR) is 115 cm³/mol. The van der Waals surface area contributed by atoms with Gasteiger partial charge in [0.15, 0.2) is 5.41 Å². The van der Waals surface area contributed by atoms with E-state index in [-0.39, 0.29) is 18.8 Å². The minimum Gasteiger partial charge on any atom is -0.497 e. The average Bonchev–Trinajstić information content (AvgIpc) is 3.28. The number of ether oxygens (including phenoxy) is 1. The number of nitrogens with one attached hydrogen (secondary N) is 1. The molecule has 2 fully saturated rings. The van der Waals surface area contributed by atoms with Gasteiger partial charge in [0.05, 0.1) is 18.8 Å². The topological polar surface area (TPSA) is 79.0 Å². The molecule has 7 nitrogen and oxygen atoms in total. The lowest BCUT2D eigenvalue weighted by molar-refractivity contribution is -0.153. The van der Waals surface area contributed by atoms with Gasteiger partial charge in [0.25, 0.3) is 0 Å². The lowest BCUT2D eigenvalue weighted by Crippen LogP contribution is -2.71. The van der Waals surface area contributed by atoms with Crippen LogP contribution in [0.15, 0.2) is 42.5 Å². The number of urea groups is 1. The number of hydrogen-bond acceptors (Lipinski definition) is 5. The number of fused-ring (bicyclic) bond motifs is 4. The third-order valence-electron chi connectivity index (χ3n) is 6.93. The average molecular weight is 437 g/mol. The molecule has 2 aromatic carbocycles. The molecule has 3 aliphatic heterocycles. The number of imide groups is 2. The number of carbonyl (C=O) groups excluding carboxylic acids is 3. The SMILES string of the molecule is COc1ccc(CCN2C(=O)NC(=O)[C@]3(Cc4cccc(F)c4N4CCC[C@H]43)C2=O)cc1. The van der Waals surface area contributed by atoms with Gasteiger partial charge in [0.1, 0.15) is 11.6 Å². The molecule has 2 atom stereocenters. The summed E-state index contributed by atoms with van der Waals surface area (Å²) in [4.78, 5) is 42.6. The highest BCUT2D eigenvalue weighted by Crippen LogP contribution is 2.49. The van der Waals surface area contributed by atoms with Gasteiger partial charge in [0, 0.05) is 13.1 Å². The van der Waals surface area contributed by atoms with E-state index in [1.807, 2.05) is 29.2 Å². The van der Waals surface area contributed by atoms with Crippen LogP contribution >= 0.6 is 0 Å². The molecule has 2 aromatic rings. The minimum absolute atomic E-state index is 0.0816. The van der Waals surface area contributed by atoms with Gasteiger partial charge in [-0.2, -0.15) is 0 Å². The number of nitrogens with zero attached hydrogens (tertiary/aromatic N) is 2. The predicted octanol–water partition coefficient (Wildman–Crippen LogP) is 2.67. The van der Waals surface area contributed by atoms with Crippen LogP contribution in [0.25, 0.3) is 0 Å². The Morgan fingerprint density at radius 3 is 2.69 bits per heavy atom. The normalized spacial score (nSPS) is 24.4. The molecule has 0 bridgehead atoms. The van der Waals surface area contributed by atoms with Gasteiger partial charge in [-0.05, 0) is 55.0 Å². The Kier molecular flexibility index (Phi) is 4.87. The van der Waals surface area contributed by atoms with Crippen LogP contribution in [0, 0.1) is 11.2 Å². The van der Waals surface area contributed by atoms with Crippen molar-refractivity contribution in [1.82, 2.24) is 10.2 Å². The van der Waals surface area contributed by atoms with Crippen molar-refractivity contribution in [2.75, 3.05) is 25.1 Å². The van der Waals surface area contributed by atoms with Crippen molar-refractivity contribution in [3.8, 4) is 5.75 Å². The first kappa shape index (κ1) is 20.5. The van der Waals surface area contributed by atoms with Gasteiger partial charge in [-0.15, -0.1) is 0 Å². The Labute approximate surface area is 185 Å². The third kappa shape index (κ3) is 2.97. The summed E-state index contributed by atoms with van der Waals surface area (Å²) in [5.41, 5.74) is 0.598. The Morgan fingerprint density at radius 1 is 1.16 bits per heavy atom. The highest BCUT2D eigenvalue weighted by Gasteiger charge is 2.62. The molecular formula is C24H24FN3O4. The summed E-state index contributed by atoms with van der Waals surface area (Å²) in [6, 6.07) is 11.0. The maximum atomic E-state index is 14.7. The Bertz CT molecular complexity index is 1100. The molecular weight excluding hydrogens is 413 g/mol. The summed E-state index contributed by atoms with van der Waals surface area (Å²) < 4.78 is 19.8. The number of para-hydroxylation sites is 1. The van der Waals surface area contributed by atoms with Gasteiger partial charge in [-0.1, -0.05) is 24.3 Å². The first-order valence-electron chi connectivity index (χ1n) is 10.8. The molecule has 4 amide bonds. The smallest absolute Gasteiger partial charge is 0.330 e. The van der Waals surface area contributed by atoms with Crippen molar-refractivity contribution in [2.45, 2.75) is 31.7 Å². The Hall–Kier alpha value is -3.42. The van der Waals surface area contributed by atoms with E-state index in [1.165, 1.54) is 6.07 Å². The van der Waals surface area contributed by atoms with Crippen LogP contribution in [-0.4, -0.2) is 49.0 Å². The molecule has 3 heterocycles. The van der Waals surface area contributed by atoms with E-state index in [4.69, 9.17) is 4.74 Å². The van der Waals surface area contributed by atoms with Crippen LogP contribution in [0.3, 0.4) is 0 Å². The number of barbiturate groups is 1. The monoisotopic (exact) mass is 437 g/mol. The number of methoxy groups -OCH3 is 1. The second-order valence-electron chi connectivity index (χ2n) is 8.56. The number of halogens is 1. The summed E-state index contributed by atoms with van der Waals surface area (Å²) in [6.45, 7) is 0.718. The zero-order valence-corrected chi connectivity index (χ0v) is 17.8. The van der Waals surface area contributed by atoms with Crippen molar-refractivity contribution in [3.05, 3.63) is 59.4 Å². The quantitative estimate of drug-likeness (QED) is 0.744. The highest BCUT2D eigenvalue weighted by molar-refractivity contribution is 6.20. The largest absolute Gasteiger partial charge is 0.497 e. The Morgan fingerprint density at radius 2 is 1.94 bits per heavy atom. The zero-order chi connectivity index (χ0) is 22.5. The summed E-state index contributed by atoms with van der Waals surface area (Å²) in [6.07, 6.45) is 1.87. The van der Waals surface area contributed by atoms with E-state index in [0.717, 1.165) is 22.6 Å². The second kappa shape index (κ2) is 7.62. The second-order valence-corrected chi connectivity index (χ2v) is 8.56. The molecule has 166 valence electrons. The maximum Gasteiger partial charge on any atom is 0.330 e. The fourth-order valence-electron chi connectivity index (χ4n) is 5.38. The molecule has 0 saturated carbocycles. The molecule has 0 radical (unpaired) electrons. The molecule has 0 aromatic heterocycles. The van der Waals surface area contributed by atoms with E-state index >= 15 is 0 Å². The Balaban J connectivity index is 1.47. The molecule has 3 aliphatic rings. The van der Waals surface area contributed by atoms with Crippen LogP contribution in [0.2, 0.25) is 0 Å². The molecule has 0 unspecified atom stereocenters. The van der Waals surface area contributed by atoms with Crippen LogP contribution in [0.4, 0.5) is 14.9 Å². The summed E-state index contributed by atoms with van der Waals surface area (Å²) in [7, 11) is 1.59. The zero-order valence-electron chi connectivity index (χ0n) is 17.8. The summed E-state index contributed by atoms with van der Waals surface area (Å²) in [5.74, 6) is -0.702. The van der Waals surface area contributed by atoms with E-state index in [9.17, 15) is 18.8 Å². The highest BCUT2D eigenvalue weighted by atomic mass is 19.1. The number of anilines is 1. The third-order valence-corrected chi connectivity index (χ3v) is 6.93. The van der Waals surface area contributed by atoms with Crippen LogP contribution in [-0.2, 0) is 22.4 Å². The van der Waals surface area contributed by atoms with Gasteiger partial charge < -0.3 is 9.64 Å². The van der Waals surface area contributed by atoms with Crippen molar-refractivity contribution in [1.29, 1.82) is 0 Å². The maximum absolute atomic E-state index is 14.7. The van der Waals surface area contributed by atoms with Crippen LogP contribution in [0.1, 0.15) is 24.0 Å². The number of carbonyl (C=O) groups is 3. The molecule has 5 rings (SSSR count). The standard InChI is InChI=1S/C24H24FN3O4/c1-32-17-9-7-15(8-10-17)11-13-28-22(30)24(21(29)26-23(28)31)14-16-4-2-5-18(25)20(16)27-12-3-6-19(24)27/h2,4-5,7-10,19H,3,6,11-14H2,1H3,(H,26,29,31)/t19-,24+/m0/s1. The lowest BCUT2D eigenvalue weighted by Gasteiger charge is -2.49. The fourth-order valence-corrected chi connectivity index (χ4v) is 5.38. The van der Waals surface area contributed by atoms with E-state index < -0.39 is 29.3 Å². The van der Waals surface area contributed by atoms with Crippen molar-refractivity contribution < 1.29 is 23.5 Å². The van der Waals surface area contributed by atoms with Gasteiger partial charge in [-0.3, -0.25) is 19.8 Å². The van der Waals surface area contributed by atoms with Crippen molar-refractivity contribution in [2.24, 2.45) is 5.41 Å². The van der Waals surface area contributed by atoms with Crippen LogP contribution in [0.5, 0.6) is 5.75 Å². The fraction of sp³-hybridized carbons (Fsp3) is 0.375. The summed E-state index contributed by atoms with van der Waals surface area (Å²) >= 11 is 0. The molecule has 1 N–H and O–H groups in total. The van der Waals surface area contributed by atoms with Gasteiger partial charge in [-0.25, -0.2) is 9.18 Å². The molecule has 2 saturated heterocycles. The first-order valence-corrected chi connectivity index (χ1v) is 10.8. The minimum atomic E-state index is -1.44. The van der Waals surface area contributed by atoms with Crippen LogP contribution < -0.4 is 15.0 Å². The van der Waals surface area contributed by atoms with Crippen molar-refractivity contribution >= 4 is 23.5 Å². The van der Waals surface area contributed by atoms with Crippen molar-refractivity contribution in [3.63, 3.8) is 0 Å². The molecule has 0 aliphatic carbocycles. The first-order chi connectivity index (χ1) is 15.5. The number of amides is 4. The van der Waals surface area contributed by atoms with E-state index in [0.29, 0.717) is 30.6 Å². The van der Waals surface area contributed by atoms with E-state index in [2.05, 4.69) is 5.32 Å². The summed E-state index contributed by atoms with van der Waals surface area (Å²) in [5, 5.41) is 2.42.